The summed E-state index contributed by atoms with van der Waals surface area (Å²) in [5.74, 6) is 0.175. The monoisotopic (exact) mass is 242 g/mol. The Morgan fingerprint density at radius 3 is 2.59 bits per heavy atom. The highest BCUT2D eigenvalue weighted by Gasteiger charge is 2.27. The fourth-order valence-electron chi connectivity index (χ4n) is 2.36. The summed E-state index contributed by atoms with van der Waals surface area (Å²) in [5, 5.41) is 9.04. The molecule has 1 N–H and O–H groups in total. The van der Waals surface area contributed by atoms with Gasteiger partial charge in [0.1, 0.15) is 0 Å². The zero-order chi connectivity index (χ0) is 12.1. The first-order chi connectivity index (χ1) is 8.31. The second kappa shape index (κ2) is 6.33. The second-order valence-corrected chi connectivity index (χ2v) is 4.77. The van der Waals surface area contributed by atoms with Gasteiger partial charge in [0.25, 0.3) is 0 Å². The fourth-order valence-corrected chi connectivity index (χ4v) is 2.36. The molecule has 98 valence electrons. The molecule has 1 aliphatic carbocycles. The molecular formula is C12H22N2O3. The van der Waals surface area contributed by atoms with Gasteiger partial charge in [-0.1, -0.05) is 6.42 Å². The second-order valence-electron chi connectivity index (χ2n) is 4.77. The lowest BCUT2D eigenvalue weighted by Crippen LogP contribution is -2.50. The highest BCUT2D eigenvalue weighted by Crippen LogP contribution is 2.24. The van der Waals surface area contributed by atoms with Crippen molar-refractivity contribution in [2.75, 3.05) is 46.0 Å². The Morgan fingerprint density at radius 2 is 2.06 bits per heavy atom. The Morgan fingerprint density at radius 1 is 1.35 bits per heavy atom. The summed E-state index contributed by atoms with van der Waals surface area (Å²) >= 11 is 0. The van der Waals surface area contributed by atoms with Gasteiger partial charge in [0.05, 0.1) is 26.4 Å². The van der Waals surface area contributed by atoms with Crippen LogP contribution in [0.15, 0.2) is 0 Å². The first kappa shape index (κ1) is 12.8. The SMILES string of the molecule is O=C(CN(CCO)C1CCC1)N1CCOCC1. The molecule has 5 nitrogen and oxygen atoms in total. The summed E-state index contributed by atoms with van der Waals surface area (Å²) in [5.41, 5.74) is 0. The van der Waals surface area contributed by atoms with Gasteiger partial charge in [0.15, 0.2) is 0 Å². The molecule has 0 aromatic rings. The van der Waals surface area contributed by atoms with Gasteiger partial charge in [0.2, 0.25) is 5.91 Å². The van der Waals surface area contributed by atoms with E-state index in [1.807, 2.05) is 4.90 Å². The van der Waals surface area contributed by atoms with Crippen LogP contribution in [-0.4, -0.2) is 72.9 Å². The van der Waals surface area contributed by atoms with Crippen molar-refractivity contribution in [2.24, 2.45) is 0 Å². The van der Waals surface area contributed by atoms with E-state index in [1.54, 1.807) is 0 Å². The maximum atomic E-state index is 12.1. The van der Waals surface area contributed by atoms with E-state index in [1.165, 1.54) is 6.42 Å². The molecule has 0 unspecified atom stereocenters. The lowest BCUT2D eigenvalue weighted by molar-refractivity contribution is -0.137. The summed E-state index contributed by atoms with van der Waals surface area (Å²) in [6.07, 6.45) is 3.57. The molecule has 2 rings (SSSR count). The zero-order valence-electron chi connectivity index (χ0n) is 10.3. The summed E-state index contributed by atoms with van der Waals surface area (Å²) in [6.45, 7) is 3.90. The number of hydrogen-bond acceptors (Lipinski definition) is 4. The topological polar surface area (TPSA) is 53.0 Å². The lowest BCUT2D eigenvalue weighted by Gasteiger charge is -2.38. The molecule has 0 atom stereocenters. The van der Waals surface area contributed by atoms with Gasteiger partial charge in [-0.15, -0.1) is 0 Å². The molecule has 2 aliphatic rings. The number of rotatable bonds is 5. The predicted octanol–water partition coefficient (Wildman–Crippen LogP) is -0.308. The van der Waals surface area contributed by atoms with Crippen molar-refractivity contribution in [1.29, 1.82) is 0 Å². The predicted molar refractivity (Wildman–Crippen MR) is 63.7 cm³/mol. The van der Waals surface area contributed by atoms with Gasteiger partial charge in [0, 0.05) is 25.7 Å². The van der Waals surface area contributed by atoms with Crippen molar-refractivity contribution in [3.05, 3.63) is 0 Å². The van der Waals surface area contributed by atoms with E-state index >= 15 is 0 Å². The van der Waals surface area contributed by atoms with E-state index in [0.29, 0.717) is 45.4 Å². The van der Waals surface area contributed by atoms with Crippen LogP contribution in [0.5, 0.6) is 0 Å². The van der Waals surface area contributed by atoms with E-state index in [9.17, 15) is 4.79 Å². The third-order valence-corrected chi connectivity index (χ3v) is 3.68. The highest BCUT2D eigenvalue weighted by atomic mass is 16.5. The minimum Gasteiger partial charge on any atom is -0.395 e. The van der Waals surface area contributed by atoms with Crippen molar-refractivity contribution >= 4 is 5.91 Å². The van der Waals surface area contributed by atoms with Crippen LogP contribution >= 0.6 is 0 Å². The van der Waals surface area contributed by atoms with Gasteiger partial charge in [-0.3, -0.25) is 9.69 Å². The maximum Gasteiger partial charge on any atom is 0.236 e. The van der Waals surface area contributed by atoms with Crippen LogP contribution in [-0.2, 0) is 9.53 Å². The number of aliphatic hydroxyl groups is 1. The molecule has 1 heterocycles. The highest BCUT2D eigenvalue weighted by molar-refractivity contribution is 5.78. The number of hydrogen-bond donors (Lipinski definition) is 1. The van der Waals surface area contributed by atoms with Gasteiger partial charge in [-0.2, -0.15) is 0 Å². The molecule has 1 saturated heterocycles. The molecule has 0 aromatic heterocycles. The van der Waals surface area contributed by atoms with Crippen LogP contribution in [0.25, 0.3) is 0 Å². The van der Waals surface area contributed by atoms with E-state index in [4.69, 9.17) is 9.84 Å². The quantitative estimate of drug-likeness (QED) is 0.718. The molecule has 0 aromatic carbocycles. The number of aliphatic hydroxyl groups excluding tert-OH is 1. The number of ether oxygens (including phenoxy) is 1. The average Bonchev–Trinajstić information content (AvgIpc) is 2.28. The standard InChI is InChI=1S/C12H22N2O3/c15-7-4-14(11-2-1-3-11)10-12(16)13-5-8-17-9-6-13/h11,15H,1-10H2. The zero-order valence-corrected chi connectivity index (χ0v) is 10.3. The van der Waals surface area contributed by atoms with Crippen LogP contribution in [0.3, 0.4) is 0 Å². The van der Waals surface area contributed by atoms with Crippen LogP contribution in [0.4, 0.5) is 0 Å². The van der Waals surface area contributed by atoms with Crippen molar-refractivity contribution in [2.45, 2.75) is 25.3 Å². The lowest BCUT2D eigenvalue weighted by atomic mass is 9.91. The molecule has 1 aliphatic heterocycles. The van der Waals surface area contributed by atoms with Crippen LogP contribution in [0.2, 0.25) is 0 Å². The largest absolute Gasteiger partial charge is 0.395 e. The first-order valence-corrected chi connectivity index (χ1v) is 6.51. The van der Waals surface area contributed by atoms with E-state index < -0.39 is 0 Å². The summed E-state index contributed by atoms with van der Waals surface area (Å²) in [6, 6.07) is 0.507. The van der Waals surface area contributed by atoms with Crippen LogP contribution in [0.1, 0.15) is 19.3 Å². The first-order valence-electron chi connectivity index (χ1n) is 6.51. The molecule has 1 saturated carbocycles. The number of carbonyl (C=O) groups is 1. The maximum absolute atomic E-state index is 12.1. The summed E-state index contributed by atoms with van der Waals surface area (Å²) in [4.78, 5) is 16.1. The fraction of sp³-hybridized carbons (Fsp3) is 0.917. The average molecular weight is 242 g/mol. The molecule has 0 spiro atoms. The van der Waals surface area contributed by atoms with Gasteiger partial charge in [-0.05, 0) is 12.8 Å². The number of carbonyl (C=O) groups excluding carboxylic acids is 1. The molecule has 2 fully saturated rings. The van der Waals surface area contributed by atoms with Gasteiger partial charge >= 0.3 is 0 Å². The Kier molecular flexibility index (Phi) is 4.76. The minimum atomic E-state index is 0.132. The number of amides is 1. The Labute approximate surface area is 102 Å². The summed E-state index contributed by atoms with van der Waals surface area (Å²) < 4.78 is 5.23. The van der Waals surface area contributed by atoms with Crippen molar-refractivity contribution in [3.8, 4) is 0 Å². The van der Waals surface area contributed by atoms with E-state index in [2.05, 4.69) is 4.90 Å². The third kappa shape index (κ3) is 3.40. The Hall–Kier alpha value is -0.650. The Bertz CT molecular complexity index is 250. The smallest absolute Gasteiger partial charge is 0.236 e. The van der Waals surface area contributed by atoms with Crippen molar-refractivity contribution in [1.82, 2.24) is 9.80 Å². The minimum absolute atomic E-state index is 0.132. The van der Waals surface area contributed by atoms with E-state index in [0.717, 1.165) is 12.8 Å². The number of nitrogens with zero attached hydrogens (tertiary/aromatic N) is 2. The molecule has 1 amide bonds. The third-order valence-electron chi connectivity index (χ3n) is 3.68. The number of morpholine rings is 1. The molecule has 0 bridgehead atoms. The Balaban J connectivity index is 1.80. The van der Waals surface area contributed by atoms with Gasteiger partial charge < -0.3 is 14.7 Å². The van der Waals surface area contributed by atoms with Gasteiger partial charge in [-0.25, -0.2) is 0 Å². The molecule has 0 radical (unpaired) electrons. The molecule has 17 heavy (non-hydrogen) atoms. The molecule has 5 heteroatoms. The van der Waals surface area contributed by atoms with Crippen LogP contribution in [0, 0.1) is 0 Å². The van der Waals surface area contributed by atoms with Crippen LogP contribution < -0.4 is 0 Å². The van der Waals surface area contributed by atoms with Crippen molar-refractivity contribution in [3.63, 3.8) is 0 Å². The van der Waals surface area contributed by atoms with Crippen molar-refractivity contribution < 1.29 is 14.6 Å². The molecular weight excluding hydrogens is 220 g/mol. The summed E-state index contributed by atoms with van der Waals surface area (Å²) in [7, 11) is 0. The normalized spacial score (nSPS) is 21.6. The van der Waals surface area contributed by atoms with E-state index in [-0.39, 0.29) is 12.5 Å².